The van der Waals surface area contributed by atoms with Gasteiger partial charge < -0.3 is 10.4 Å². The van der Waals surface area contributed by atoms with E-state index < -0.39 is 24.7 Å². The van der Waals surface area contributed by atoms with E-state index in [1.165, 1.54) is 11.3 Å². The number of nitrogens with one attached hydrogen (secondary N) is 1. The molecule has 2 N–H and O–H groups in total. The fourth-order valence-electron chi connectivity index (χ4n) is 1.99. The predicted molar refractivity (Wildman–Crippen MR) is 65.4 cm³/mol. The second-order valence-corrected chi connectivity index (χ2v) is 5.67. The van der Waals surface area contributed by atoms with Crippen LogP contribution >= 0.6 is 11.3 Å². The summed E-state index contributed by atoms with van der Waals surface area (Å²) in [6.07, 6.45) is -3.21. The van der Waals surface area contributed by atoms with Crippen LogP contribution in [0.2, 0.25) is 0 Å². The lowest BCUT2D eigenvalue weighted by atomic mass is 9.99. The van der Waals surface area contributed by atoms with Gasteiger partial charge in [0.15, 0.2) is 6.10 Å². The molecule has 106 valence electrons. The maximum absolute atomic E-state index is 12.1. The highest BCUT2D eigenvalue weighted by atomic mass is 32.1. The van der Waals surface area contributed by atoms with E-state index in [4.69, 9.17) is 5.11 Å². The zero-order chi connectivity index (χ0) is 14.0. The Labute approximate surface area is 112 Å². The van der Waals surface area contributed by atoms with Crippen molar-refractivity contribution in [3.63, 3.8) is 0 Å². The Bertz CT molecular complexity index is 447. The van der Waals surface area contributed by atoms with E-state index in [2.05, 4.69) is 5.32 Å². The Balaban J connectivity index is 1.95. The van der Waals surface area contributed by atoms with E-state index in [1.807, 2.05) is 0 Å². The van der Waals surface area contributed by atoms with E-state index in [0.29, 0.717) is 4.88 Å². The van der Waals surface area contributed by atoms with Gasteiger partial charge in [-0.2, -0.15) is 13.2 Å². The Morgan fingerprint density at radius 2 is 2.11 bits per heavy atom. The fourth-order valence-corrected chi connectivity index (χ4v) is 3.16. The molecular formula is C12H14F3NO2S. The van der Waals surface area contributed by atoms with Crippen LogP contribution in [0.5, 0.6) is 0 Å². The minimum Gasteiger partial charge on any atom is -0.382 e. The summed E-state index contributed by atoms with van der Waals surface area (Å²) in [5.41, 5.74) is 1.12. The van der Waals surface area contributed by atoms with Crippen LogP contribution in [0, 0.1) is 0 Å². The van der Waals surface area contributed by atoms with Gasteiger partial charge in [-0.1, -0.05) is 0 Å². The molecule has 7 heteroatoms. The first-order valence-corrected chi connectivity index (χ1v) is 6.84. The second kappa shape index (κ2) is 5.50. The summed E-state index contributed by atoms with van der Waals surface area (Å²) < 4.78 is 36.3. The zero-order valence-electron chi connectivity index (χ0n) is 10.1. The molecule has 1 aromatic rings. The number of thiophene rings is 1. The minimum atomic E-state index is -4.71. The number of aliphatic hydroxyl groups is 1. The molecule has 0 fully saturated rings. The number of rotatable bonds is 3. The summed E-state index contributed by atoms with van der Waals surface area (Å²) in [4.78, 5) is 13.3. The van der Waals surface area contributed by atoms with E-state index in [9.17, 15) is 18.0 Å². The van der Waals surface area contributed by atoms with Crippen molar-refractivity contribution in [2.75, 3.05) is 6.54 Å². The summed E-state index contributed by atoms with van der Waals surface area (Å²) in [6, 6.07) is 1.74. The third-order valence-corrected chi connectivity index (χ3v) is 4.29. The van der Waals surface area contributed by atoms with Crippen molar-refractivity contribution < 1.29 is 23.1 Å². The molecule has 0 radical (unpaired) electrons. The van der Waals surface area contributed by atoms with Crippen molar-refractivity contribution in [2.24, 2.45) is 0 Å². The van der Waals surface area contributed by atoms with E-state index in [1.54, 1.807) is 6.07 Å². The van der Waals surface area contributed by atoms with Gasteiger partial charge in [0.25, 0.3) is 5.91 Å². The van der Waals surface area contributed by atoms with Crippen LogP contribution in [-0.4, -0.2) is 29.8 Å². The number of carbonyl (C=O) groups excluding carboxylic acids is 1. The molecule has 0 aromatic carbocycles. The summed E-state index contributed by atoms with van der Waals surface area (Å²) in [5, 5.41) is 10.9. The number of aryl methyl sites for hydroxylation is 2. The highest BCUT2D eigenvalue weighted by Crippen LogP contribution is 2.29. The first kappa shape index (κ1) is 14.3. The lowest BCUT2D eigenvalue weighted by Crippen LogP contribution is -2.40. The number of halogens is 3. The van der Waals surface area contributed by atoms with Gasteiger partial charge in [-0.25, -0.2) is 0 Å². The van der Waals surface area contributed by atoms with Gasteiger partial charge >= 0.3 is 6.18 Å². The van der Waals surface area contributed by atoms with E-state index in [0.717, 1.165) is 36.1 Å². The molecule has 1 aliphatic rings. The third kappa shape index (κ3) is 3.48. The van der Waals surface area contributed by atoms with Crippen LogP contribution < -0.4 is 5.32 Å². The van der Waals surface area contributed by atoms with E-state index >= 15 is 0 Å². The first-order valence-electron chi connectivity index (χ1n) is 6.02. The van der Waals surface area contributed by atoms with Crippen LogP contribution in [0.15, 0.2) is 6.07 Å². The molecule has 1 amide bonds. The van der Waals surface area contributed by atoms with Crippen LogP contribution in [-0.2, 0) is 12.8 Å². The van der Waals surface area contributed by atoms with Crippen LogP contribution in [0.4, 0.5) is 13.2 Å². The average Bonchev–Trinajstić information content (AvgIpc) is 2.78. The number of aliphatic hydroxyl groups excluding tert-OH is 1. The number of hydrogen-bond donors (Lipinski definition) is 2. The Kier molecular flexibility index (Phi) is 4.15. The molecule has 0 saturated carbocycles. The van der Waals surface area contributed by atoms with Crippen LogP contribution in [0.3, 0.4) is 0 Å². The average molecular weight is 293 g/mol. The highest BCUT2D eigenvalue weighted by molar-refractivity contribution is 7.14. The van der Waals surface area contributed by atoms with Crippen molar-refractivity contribution in [1.29, 1.82) is 0 Å². The standard InChI is InChI=1S/C12H14F3NO2S/c13-12(14,15)10(17)6-16-11(18)9-5-7-3-1-2-4-8(7)19-9/h5,10,17H,1-4,6H2,(H,16,18). The number of fused-ring (bicyclic) bond motifs is 1. The normalized spacial score (nSPS) is 16.8. The molecule has 3 nitrogen and oxygen atoms in total. The topological polar surface area (TPSA) is 49.3 Å². The van der Waals surface area contributed by atoms with Crippen molar-refractivity contribution >= 4 is 17.2 Å². The third-order valence-electron chi connectivity index (χ3n) is 3.05. The minimum absolute atomic E-state index is 0.418. The molecular weight excluding hydrogens is 279 g/mol. The molecule has 1 heterocycles. The van der Waals surface area contributed by atoms with Gasteiger partial charge in [-0.15, -0.1) is 11.3 Å². The lowest BCUT2D eigenvalue weighted by molar-refractivity contribution is -0.201. The molecule has 19 heavy (non-hydrogen) atoms. The van der Waals surface area contributed by atoms with Crippen molar-refractivity contribution in [1.82, 2.24) is 5.32 Å². The van der Waals surface area contributed by atoms with Crippen LogP contribution in [0.1, 0.15) is 33.0 Å². The number of amides is 1. The van der Waals surface area contributed by atoms with Crippen LogP contribution in [0.25, 0.3) is 0 Å². The molecule has 1 unspecified atom stereocenters. The summed E-state index contributed by atoms with van der Waals surface area (Å²) in [7, 11) is 0. The Morgan fingerprint density at radius 1 is 1.42 bits per heavy atom. The molecule has 1 aromatic heterocycles. The van der Waals surface area contributed by atoms with Crippen molar-refractivity contribution in [2.45, 2.75) is 38.0 Å². The van der Waals surface area contributed by atoms with Gasteiger partial charge in [0.2, 0.25) is 0 Å². The van der Waals surface area contributed by atoms with Gasteiger partial charge in [-0.3, -0.25) is 4.79 Å². The molecule has 0 saturated heterocycles. The summed E-state index contributed by atoms with van der Waals surface area (Å²) >= 11 is 1.33. The SMILES string of the molecule is O=C(NCC(O)C(F)(F)F)c1cc2c(s1)CCCC2. The highest BCUT2D eigenvalue weighted by Gasteiger charge is 2.38. The molecule has 0 bridgehead atoms. The second-order valence-electron chi connectivity index (χ2n) is 4.53. The monoisotopic (exact) mass is 293 g/mol. The molecule has 0 aliphatic heterocycles. The molecule has 0 spiro atoms. The van der Waals surface area contributed by atoms with Crippen molar-refractivity contribution in [3.05, 3.63) is 21.4 Å². The summed E-state index contributed by atoms with van der Waals surface area (Å²) in [5.74, 6) is -0.553. The predicted octanol–water partition coefficient (Wildman–Crippen LogP) is 2.28. The van der Waals surface area contributed by atoms with Gasteiger partial charge in [0, 0.05) is 4.88 Å². The largest absolute Gasteiger partial charge is 0.416 e. The molecule has 1 atom stereocenters. The molecule has 2 rings (SSSR count). The smallest absolute Gasteiger partial charge is 0.382 e. The Morgan fingerprint density at radius 3 is 2.74 bits per heavy atom. The van der Waals surface area contributed by atoms with Gasteiger partial charge in [0.05, 0.1) is 11.4 Å². The molecule has 1 aliphatic carbocycles. The van der Waals surface area contributed by atoms with Gasteiger partial charge in [0.1, 0.15) is 0 Å². The maximum Gasteiger partial charge on any atom is 0.416 e. The number of hydrogen-bond acceptors (Lipinski definition) is 3. The van der Waals surface area contributed by atoms with Crippen molar-refractivity contribution in [3.8, 4) is 0 Å². The number of carbonyl (C=O) groups is 1. The Hall–Kier alpha value is -1.08. The zero-order valence-corrected chi connectivity index (χ0v) is 10.9. The maximum atomic E-state index is 12.1. The fraction of sp³-hybridized carbons (Fsp3) is 0.583. The lowest BCUT2D eigenvalue weighted by Gasteiger charge is -2.14. The summed E-state index contributed by atoms with van der Waals surface area (Å²) in [6.45, 7) is -0.815. The quantitative estimate of drug-likeness (QED) is 0.898. The first-order chi connectivity index (χ1) is 8.88. The number of alkyl halides is 3. The van der Waals surface area contributed by atoms with Gasteiger partial charge in [-0.05, 0) is 37.3 Å². The van der Waals surface area contributed by atoms with E-state index in [-0.39, 0.29) is 0 Å².